The molecule has 1 atom stereocenters. The molecule has 0 aliphatic rings. The predicted octanol–water partition coefficient (Wildman–Crippen LogP) is 4.03. The first-order chi connectivity index (χ1) is 16.5. The van der Waals surface area contributed by atoms with Crippen LogP contribution in [0.5, 0.6) is 11.6 Å². The molecule has 1 N–H and O–H groups in total. The van der Waals surface area contributed by atoms with Crippen molar-refractivity contribution >= 4 is 0 Å². The molecule has 0 saturated carbocycles. The monoisotopic (exact) mass is 469 g/mol. The molecule has 1 heterocycles. The van der Waals surface area contributed by atoms with Crippen LogP contribution in [0.4, 0.5) is 4.39 Å². The van der Waals surface area contributed by atoms with Gasteiger partial charge in [0, 0.05) is 39.4 Å². The van der Waals surface area contributed by atoms with Gasteiger partial charge in [0.15, 0.2) is 0 Å². The minimum Gasteiger partial charge on any atom is -0.439 e. The quantitative estimate of drug-likeness (QED) is 0.284. The van der Waals surface area contributed by atoms with Gasteiger partial charge in [0.1, 0.15) is 17.3 Å². The Morgan fingerprint density at radius 3 is 2.59 bits per heavy atom. The highest BCUT2D eigenvalue weighted by Crippen LogP contribution is 2.34. The van der Waals surface area contributed by atoms with Crippen molar-refractivity contribution in [2.45, 2.75) is 12.6 Å². The summed E-state index contributed by atoms with van der Waals surface area (Å²) in [4.78, 5) is 2.08. The number of nitrogens with zero attached hydrogens (tertiary/aromatic N) is 3. The Kier molecular flexibility index (Phi) is 9.78. The third-order valence-electron chi connectivity index (χ3n) is 5.17. The Morgan fingerprint density at radius 2 is 1.91 bits per heavy atom. The van der Waals surface area contributed by atoms with Crippen molar-refractivity contribution in [2.24, 2.45) is 7.05 Å². The molecule has 182 valence electrons. The molecule has 0 bridgehead atoms. The number of aliphatic hydroxyl groups is 1. The van der Waals surface area contributed by atoms with E-state index in [0.29, 0.717) is 44.5 Å². The van der Waals surface area contributed by atoms with Crippen molar-refractivity contribution in [3.05, 3.63) is 78.6 Å². The largest absolute Gasteiger partial charge is 0.439 e. The number of benzene rings is 2. The summed E-state index contributed by atoms with van der Waals surface area (Å²) in [7, 11) is 3.45. The molecule has 3 rings (SSSR count). The highest BCUT2D eigenvalue weighted by Gasteiger charge is 2.23. The molecule has 2 aromatic carbocycles. The van der Waals surface area contributed by atoms with Crippen molar-refractivity contribution < 1.29 is 23.7 Å². The van der Waals surface area contributed by atoms with Gasteiger partial charge in [-0.3, -0.25) is 4.90 Å². The van der Waals surface area contributed by atoms with E-state index >= 15 is 0 Å². The average Bonchev–Trinajstić information content (AvgIpc) is 3.14. The van der Waals surface area contributed by atoms with E-state index < -0.39 is 6.10 Å². The minimum atomic E-state index is -0.685. The SMILES string of the molecule is C=CCOC[C@@H](O)CN(CCOC)Cc1c(-c2ccccc2)nn(C)c1Oc1ccc(F)cc1. The van der Waals surface area contributed by atoms with Crippen molar-refractivity contribution in [3.63, 3.8) is 0 Å². The lowest BCUT2D eigenvalue weighted by atomic mass is 10.1. The highest BCUT2D eigenvalue weighted by atomic mass is 19.1. The maximum atomic E-state index is 13.4. The van der Waals surface area contributed by atoms with E-state index in [1.54, 1.807) is 30.0 Å². The third kappa shape index (κ3) is 7.23. The average molecular weight is 470 g/mol. The fourth-order valence-electron chi connectivity index (χ4n) is 3.58. The molecule has 0 radical (unpaired) electrons. The fourth-order valence-corrected chi connectivity index (χ4v) is 3.58. The summed E-state index contributed by atoms with van der Waals surface area (Å²) in [5.74, 6) is 0.720. The van der Waals surface area contributed by atoms with E-state index in [2.05, 4.69) is 11.5 Å². The van der Waals surface area contributed by atoms with E-state index in [0.717, 1.165) is 16.8 Å². The number of hydrogen-bond acceptors (Lipinski definition) is 6. The first kappa shape index (κ1) is 25.6. The van der Waals surface area contributed by atoms with Gasteiger partial charge in [-0.25, -0.2) is 9.07 Å². The van der Waals surface area contributed by atoms with Crippen LogP contribution in [0.3, 0.4) is 0 Å². The second-order valence-electron chi connectivity index (χ2n) is 7.89. The van der Waals surface area contributed by atoms with Crippen molar-refractivity contribution in [1.82, 2.24) is 14.7 Å². The lowest BCUT2D eigenvalue weighted by Crippen LogP contribution is -2.36. The van der Waals surface area contributed by atoms with Gasteiger partial charge in [0.25, 0.3) is 0 Å². The van der Waals surface area contributed by atoms with Gasteiger partial charge >= 0.3 is 0 Å². The molecule has 1 aromatic heterocycles. The summed E-state index contributed by atoms with van der Waals surface area (Å²) < 4.78 is 31.9. The molecule has 7 nitrogen and oxygen atoms in total. The summed E-state index contributed by atoms with van der Waals surface area (Å²) >= 11 is 0. The van der Waals surface area contributed by atoms with Crippen LogP contribution < -0.4 is 4.74 Å². The lowest BCUT2D eigenvalue weighted by Gasteiger charge is -2.25. The van der Waals surface area contributed by atoms with Crippen LogP contribution in [0.25, 0.3) is 11.3 Å². The van der Waals surface area contributed by atoms with Crippen LogP contribution in [-0.2, 0) is 23.1 Å². The predicted molar refractivity (Wildman–Crippen MR) is 129 cm³/mol. The number of aromatic nitrogens is 2. The van der Waals surface area contributed by atoms with Crippen LogP contribution in [0.15, 0.2) is 67.3 Å². The number of aryl methyl sites for hydroxylation is 1. The van der Waals surface area contributed by atoms with Gasteiger partial charge < -0.3 is 19.3 Å². The lowest BCUT2D eigenvalue weighted by molar-refractivity contribution is 0.0193. The first-order valence-electron chi connectivity index (χ1n) is 11.1. The number of aliphatic hydroxyl groups excluding tert-OH is 1. The zero-order valence-electron chi connectivity index (χ0n) is 19.7. The molecule has 0 spiro atoms. The summed E-state index contributed by atoms with van der Waals surface area (Å²) in [5.41, 5.74) is 2.58. The standard InChI is InChI=1S/C26H32FN3O4/c1-4-15-33-19-22(31)17-30(14-16-32-3)18-24-25(20-8-6-5-7-9-20)28-29(2)26(24)34-23-12-10-21(27)11-13-23/h4-13,22,31H,1,14-19H2,2-3H3/t22-/m0/s1. The maximum Gasteiger partial charge on any atom is 0.222 e. The van der Waals surface area contributed by atoms with E-state index in [9.17, 15) is 9.50 Å². The normalized spacial score (nSPS) is 12.1. The molecule has 0 saturated heterocycles. The Labute approximate surface area is 200 Å². The van der Waals surface area contributed by atoms with Crippen LogP contribution in [-0.4, -0.2) is 65.9 Å². The number of rotatable bonds is 14. The molecule has 0 amide bonds. The van der Waals surface area contributed by atoms with Crippen molar-refractivity contribution in [1.29, 1.82) is 0 Å². The summed E-state index contributed by atoms with van der Waals surface area (Å²) in [6, 6.07) is 15.7. The summed E-state index contributed by atoms with van der Waals surface area (Å²) in [6.45, 7) is 6.13. The Bertz CT molecular complexity index is 1020. The van der Waals surface area contributed by atoms with E-state index in [-0.39, 0.29) is 12.4 Å². The van der Waals surface area contributed by atoms with E-state index in [4.69, 9.17) is 19.3 Å². The second-order valence-corrected chi connectivity index (χ2v) is 7.89. The molecule has 8 heteroatoms. The van der Waals surface area contributed by atoms with Crippen LogP contribution in [0.2, 0.25) is 0 Å². The molecule has 0 aliphatic carbocycles. The molecule has 3 aromatic rings. The molecular formula is C26H32FN3O4. The topological polar surface area (TPSA) is 69.0 Å². The van der Waals surface area contributed by atoms with Gasteiger partial charge in [-0.05, 0) is 24.3 Å². The number of hydrogen-bond donors (Lipinski definition) is 1. The molecule has 0 aliphatic heterocycles. The van der Waals surface area contributed by atoms with Crippen molar-refractivity contribution in [3.8, 4) is 22.9 Å². The van der Waals surface area contributed by atoms with Gasteiger partial charge in [-0.1, -0.05) is 36.4 Å². The highest BCUT2D eigenvalue weighted by molar-refractivity contribution is 5.65. The van der Waals surface area contributed by atoms with Crippen LogP contribution in [0, 0.1) is 5.82 Å². The number of halogens is 1. The van der Waals surface area contributed by atoms with Gasteiger partial charge in [-0.2, -0.15) is 5.10 Å². The summed E-state index contributed by atoms with van der Waals surface area (Å²) in [5, 5.41) is 15.2. The van der Waals surface area contributed by atoms with Crippen molar-refractivity contribution in [2.75, 3.05) is 40.0 Å². The van der Waals surface area contributed by atoms with Gasteiger partial charge in [0.05, 0.1) is 31.5 Å². The Hall–Kier alpha value is -3.04. The van der Waals surface area contributed by atoms with E-state index in [1.165, 1.54) is 12.1 Å². The molecule has 0 unspecified atom stereocenters. The first-order valence-corrected chi connectivity index (χ1v) is 11.1. The van der Waals surface area contributed by atoms with Crippen LogP contribution >= 0.6 is 0 Å². The molecule has 0 fully saturated rings. The third-order valence-corrected chi connectivity index (χ3v) is 5.17. The number of ether oxygens (including phenoxy) is 3. The maximum absolute atomic E-state index is 13.4. The smallest absolute Gasteiger partial charge is 0.222 e. The molecular weight excluding hydrogens is 437 g/mol. The minimum absolute atomic E-state index is 0.201. The summed E-state index contributed by atoms with van der Waals surface area (Å²) in [6.07, 6.45) is 0.964. The fraction of sp³-hybridized carbons (Fsp3) is 0.346. The van der Waals surface area contributed by atoms with Gasteiger partial charge in [0.2, 0.25) is 5.88 Å². The molecule has 34 heavy (non-hydrogen) atoms. The van der Waals surface area contributed by atoms with E-state index in [1.807, 2.05) is 37.4 Å². The van der Waals surface area contributed by atoms with Crippen LogP contribution in [0.1, 0.15) is 5.56 Å². The zero-order valence-corrected chi connectivity index (χ0v) is 19.7. The number of methoxy groups -OCH3 is 1. The second kappa shape index (κ2) is 13.0. The Balaban J connectivity index is 1.92. The van der Waals surface area contributed by atoms with Gasteiger partial charge in [-0.15, -0.1) is 6.58 Å². The Morgan fingerprint density at radius 1 is 1.18 bits per heavy atom. The zero-order chi connectivity index (χ0) is 24.3.